The van der Waals surface area contributed by atoms with Gasteiger partial charge in [-0.15, -0.1) is 0 Å². The number of ether oxygens (including phenoxy) is 1. The fraction of sp³-hybridized carbons (Fsp3) is 0.364. The van der Waals surface area contributed by atoms with Gasteiger partial charge >= 0.3 is 5.97 Å². The van der Waals surface area contributed by atoms with Crippen LogP contribution in [0.15, 0.2) is 18.5 Å². The van der Waals surface area contributed by atoms with E-state index in [1.165, 1.54) is 24.3 Å². The van der Waals surface area contributed by atoms with E-state index in [9.17, 15) is 14.0 Å². The summed E-state index contributed by atoms with van der Waals surface area (Å²) in [7, 11) is 1.27. The Bertz CT molecular complexity index is 464. The van der Waals surface area contributed by atoms with Crippen LogP contribution in [-0.4, -0.2) is 30.5 Å². The average molecular weight is 238 g/mol. The number of aromatic nitrogens is 1. The summed E-state index contributed by atoms with van der Waals surface area (Å²) in [6.45, 7) is 0.145. The highest BCUT2D eigenvalue weighted by Gasteiger charge is 2.36. The second kappa shape index (κ2) is 4.48. The van der Waals surface area contributed by atoms with Crippen LogP contribution in [0, 0.1) is 11.7 Å². The predicted molar refractivity (Wildman–Crippen MR) is 56.7 cm³/mol. The third kappa shape index (κ3) is 2.11. The molecule has 0 bridgehead atoms. The van der Waals surface area contributed by atoms with Crippen molar-refractivity contribution in [1.82, 2.24) is 4.98 Å². The summed E-state index contributed by atoms with van der Waals surface area (Å²) in [6, 6.07) is 1.41. The number of nitrogens with zero attached hydrogens (tertiary/aromatic N) is 2. The molecule has 1 amide bonds. The molecule has 1 saturated heterocycles. The van der Waals surface area contributed by atoms with E-state index < -0.39 is 17.7 Å². The summed E-state index contributed by atoms with van der Waals surface area (Å²) in [5.74, 6) is -1.84. The lowest BCUT2D eigenvalue weighted by atomic mass is 10.1. The van der Waals surface area contributed by atoms with Gasteiger partial charge in [0.25, 0.3) is 0 Å². The Morgan fingerprint density at radius 1 is 1.65 bits per heavy atom. The van der Waals surface area contributed by atoms with Crippen LogP contribution in [0.3, 0.4) is 0 Å². The van der Waals surface area contributed by atoms with E-state index >= 15 is 0 Å². The summed E-state index contributed by atoms with van der Waals surface area (Å²) in [6.07, 6.45) is 2.49. The Balaban J connectivity index is 2.22. The first-order chi connectivity index (χ1) is 8.13. The normalized spacial score (nSPS) is 19.5. The second-order valence-corrected chi connectivity index (χ2v) is 3.76. The van der Waals surface area contributed by atoms with Crippen LogP contribution >= 0.6 is 0 Å². The van der Waals surface area contributed by atoms with Gasteiger partial charge in [-0.05, 0) is 6.07 Å². The van der Waals surface area contributed by atoms with Crippen molar-refractivity contribution in [3.63, 3.8) is 0 Å². The Morgan fingerprint density at radius 3 is 3.06 bits per heavy atom. The maximum atomic E-state index is 13.5. The first-order valence-corrected chi connectivity index (χ1v) is 5.11. The molecule has 90 valence electrons. The van der Waals surface area contributed by atoms with Gasteiger partial charge in [0.05, 0.1) is 24.9 Å². The van der Waals surface area contributed by atoms with E-state index in [0.29, 0.717) is 0 Å². The molecule has 2 rings (SSSR count). The third-order valence-electron chi connectivity index (χ3n) is 2.70. The minimum Gasteiger partial charge on any atom is -0.469 e. The molecule has 0 radical (unpaired) electrons. The Labute approximate surface area is 97.2 Å². The van der Waals surface area contributed by atoms with Gasteiger partial charge in [-0.3, -0.25) is 14.6 Å². The predicted octanol–water partition coefficient (Wildman–Crippen LogP) is 0.747. The van der Waals surface area contributed by atoms with Crippen molar-refractivity contribution < 1.29 is 18.7 Å². The molecule has 0 spiro atoms. The van der Waals surface area contributed by atoms with E-state index in [-0.39, 0.29) is 24.6 Å². The Hall–Kier alpha value is -1.98. The number of methoxy groups -OCH3 is 1. The number of halogens is 1. The lowest BCUT2D eigenvalue weighted by Crippen LogP contribution is -2.27. The summed E-state index contributed by atoms with van der Waals surface area (Å²) >= 11 is 0. The quantitative estimate of drug-likeness (QED) is 0.713. The van der Waals surface area contributed by atoms with E-state index in [0.717, 1.165) is 6.20 Å². The van der Waals surface area contributed by atoms with Crippen LogP contribution in [0.1, 0.15) is 6.42 Å². The van der Waals surface area contributed by atoms with E-state index in [1.54, 1.807) is 0 Å². The minimum atomic E-state index is -0.577. The zero-order chi connectivity index (χ0) is 12.4. The summed E-state index contributed by atoms with van der Waals surface area (Å²) in [4.78, 5) is 27.9. The number of esters is 1. The van der Waals surface area contributed by atoms with E-state index in [4.69, 9.17) is 0 Å². The monoisotopic (exact) mass is 238 g/mol. The summed E-state index contributed by atoms with van der Waals surface area (Å²) in [5.41, 5.74) is 0.149. The zero-order valence-electron chi connectivity index (χ0n) is 9.22. The minimum absolute atomic E-state index is 0.0500. The van der Waals surface area contributed by atoms with Gasteiger partial charge < -0.3 is 9.64 Å². The molecule has 1 aromatic rings. The lowest BCUT2D eigenvalue weighted by molar-refractivity contribution is -0.145. The van der Waals surface area contributed by atoms with Crippen molar-refractivity contribution in [2.45, 2.75) is 6.42 Å². The van der Waals surface area contributed by atoms with Crippen LogP contribution in [0.25, 0.3) is 0 Å². The maximum absolute atomic E-state index is 13.5. The van der Waals surface area contributed by atoms with Crippen LogP contribution in [0.5, 0.6) is 0 Å². The number of carbonyl (C=O) groups is 2. The Morgan fingerprint density at radius 2 is 2.41 bits per heavy atom. The standard InChI is InChI=1S/C11H11FN2O3/c1-17-11(16)7-4-10(15)14(6-7)9-2-3-13-5-8(9)12/h2-3,5,7H,4,6H2,1H3. The average Bonchev–Trinajstić information content (AvgIpc) is 2.71. The van der Waals surface area contributed by atoms with Gasteiger partial charge in [0.2, 0.25) is 5.91 Å². The fourth-order valence-electron chi connectivity index (χ4n) is 1.85. The summed E-state index contributed by atoms with van der Waals surface area (Å²) < 4.78 is 18.0. The van der Waals surface area contributed by atoms with Crippen molar-refractivity contribution in [1.29, 1.82) is 0 Å². The van der Waals surface area contributed by atoms with Gasteiger partial charge in [0.15, 0.2) is 5.82 Å². The number of carbonyl (C=O) groups excluding carboxylic acids is 2. The van der Waals surface area contributed by atoms with Crippen LogP contribution in [0.2, 0.25) is 0 Å². The number of hydrogen-bond acceptors (Lipinski definition) is 4. The van der Waals surface area contributed by atoms with Gasteiger partial charge in [0.1, 0.15) is 0 Å². The van der Waals surface area contributed by atoms with E-state index in [2.05, 4.69) is 9.72 Å². The molecule has 2 heterocycles. The number of rotatable bonds is 2. The highest BCUT2D eigenvalue weighted by atomic mass is 19.1. The third-order valence-corrected chi connectivity index (χ3v) is 2.70. The molecule has 1 aromatic heterocycles. The van der Waals surface area contributed by atoms with Crippen molar-refractivity contribution in [2.75, 3.05) is 18.6 Å². The number of hydrogen-bond donors (Lipinski definition) is 0. The molecule has 1 atom stereocenters. The molecule has 1 aliphatic heterocycles. The molecular weight excluding hydrogens is 227 g/mol. The number of anilines is 1. The molecule has 0 aliphatic carbocycles. The number of pyridine rings is 1. The topological polar surface area (TPSA) is 59.5 Å². The Kier molecular flexibility index (Phi) is 3.03. The van der Waals surface area contributed by atoms with Gasteiger partial charge in [-0.2, -0.15) is 0 Å². The highest BCUT2D eigenvalue weighted by molar-refractivity contribution is 5.99. The molecule has 1 aliphatic rings. The van der Waals surface area contributed by atoms with Gasteiger partial charge in [0, 0.05) is 19.2 Å². The van der Waals surface area contributed by atoms with Gasteiger partial charge in [-0.25, -0.2) is 4.39 Å². The van der Waals surface area contributed by atoms with Crippen molar-refractivity contribution >= 4 is 17.6 Å². The molecule has 5 nitrogen and oxygen atoms in total. The molecule has 0 saturated carbocycles. The number of amides is 1. The van der Waals surface area contributed by atoms with Crippen molar-refractivity contribution in [3.8, 4) is 0 Å². The summed E-state index contributed by atoms with van der Waals surface area (Å²) in [5, 5.41) is 0. The van der Waals surface area contributed by atoms with Crippen LogP contribution in [-0.2, 0) is 14.3 Å². The molecule has 0 aromatic carbocycles. The largest absolute Gasteiger partial charge is 0.469 e. The lowest BCUT2D eigenvalue weighted by Gasteiger charge is -2.16. The molecule has 1 fully saturated rings. The highest BCUT2D eigenvalue weighted by Crippen LogP contribution is 2.27. The van der Waals surface area contributed by atoms with Crippen molar-refractivity contribution in [3.05, 3.63) is 24.3 Å². The molecule has 1 unspecified atom stereocenters. The molecular formula is C11H11FN2O3. The molecule has 17 heavy (non-hydrogen) atoms. The molecule has 6 heteroatoms. The SMILES string of the molecule is COC(=O)C1CC(=O)N(c2ccncc2F)C1. The fourth-order valence-corrected chi connectivity index (χ4v) is 1.85. The van der Waals surface area contributed by atoms with Crippen LogP contribution in [0.4, 0.5) is 10.1 Å². The first-order valence-electron chi connectivity index (χ1n) is 5.11. The van der Waals surface area contributed by atoms with E-state index in [1.807, 2.05) is 0 Å². The maximum Gasteiger partial charge on any atom is 0.311 e. The molecule has 0 N–H and O–H groups in total. The zero-order valence-corrected chi connectivity index (χ0v) is 9.22. The second-order valence-electron chi connectivity index (χ2n) is 3.76. The van der Waals surface area contributed by atoms with Gasteiger partial charge in [-0.1, -0.05) is 0 Å². The first kappa shape index (κ1) is 11.5. The smallest absolute Gasteiger partial charge is 0.311 e. The van der Waals surface area contributed by atoms with Crippen molar-refractivity contribution in [2.24, 2.45) is 5.92 Å². The van der Waals surface area contributed by atoms with Crippen LogP contribution < -0.4 is 4.90 Å².